The zero-order valence-corrected chi connectivity index (χ0v) is 9.86. The van der Waals surface area contributed by atoms with Crippen LogP contribution in [-0.4, -0.2) is 39.0 Å². The summed E-state index contributed by atoms with van der Waals surface area (Å²) in [6, 6.07) is 1.97. The fourth-order valence-corrected chi connectivity index (χ4v) is 2.15. The molecule has 7 nitrogen and oxygen atoms in total. The van der Waals surface area contributed by atoms with E-state index in [2.05, 4.69) is 15.6 Å². The molecular weight excluding hydrogens is 258 g/mol. The van der Waals surface area contributed by atoms with Gasteiger partial charge >= 0.3 is 5.97 Å². The summed E-state index contributed by atoms with van der Waals surface area (Å²) in [6.07, 6.45) is 1.29. The van der Waals surface area contributed by atoms with Gasteiger partial charge in [-0.25, -0.2) is 9.78 Å². The fraction of sp³-hybridized carbons (Fsp3) is 0.200. The Labute approximate surface area is 106 Å². The summed E-state index contributed by atoms with van der Waals surface area (Å²) in [5.74, 6) is -1.02. The Hall–Kier alpha value is -2.09. The molecule has 2 rings (SSSR count). The third-order valence-electron chi connectivity index (χ3n) is 2.25. The van der Waals surface area contributed by atoms with Crippen molar-refractivity contribution in [1.29, 1.82) is 0 Å². The van der Waals surface area contributed by atoms with Crippen molar-refractivity contribution in [3.05, 3.63) is 23.9 Å². The van der Waals surface area contributed by atoms with E-state index < -0.39 is 17.9 Å². The molecule has 1 unspecified atom stereocenters. The Morgan fingerprint density at radius 3 is 2.94 bits per heavy atom. The highest BCUT2D eigenvalue weighted by Crippen LogP contribution is 2.14. The number of carboxylic acid groups (broad SMARTS) is 1. The minimum atomic E-state index is -1.10. The first-order valence-electron chi connectivity index (χ1n) is 5.00. The number of hydrogen-bond acceptors (Lipinski definition) is 5. The first-order valence-corrected chi connectivity index (χ1v) is 5.98. The van der Waals surface area contributed by atoms with Gasteiger partial charge in [0.15, 0.2) is 0 Å². The van der Waals surface area contributed by atoms with Crippen LogP contribution >= 0.6 is 11.8 Å². The number of hydrogen-bond donors (Lipinski definition) is 3. The number of anilines is 1. The number of carbonyl (C=O) groups excluding carboxylic acids is 2. The van der Waals surface area contributed by atoms with Crippen LogP contribution in [-0.2, 0) is 4.79 Å². The Morgan fingerprint density at radius 1 is 1.56 bits per heavy atom. The van der Waals surface area contributed by atoms with Gasteiger partial charge in [-0.1, -0.05) is 11.8 Å². The van der Waals surface area contributed by atoms with Crippen molar-refractivity contribution in [1.82, 2.24) is 10.3 Å². The Kier molecular flexibility index (Phi) is 3.47. The molecule has 1 saturated heterocycles. The Morgan fingerprint density at radius 2 is 2.33 bits per heavy atom. The number of thioether (sulfide) groups is 1. The van der Waals surface area contributed by atoms with Crippen LogP contribution in [0.5, 0.6) is 0 Å². The molecule has 18 heavy (non-hydrogen) atoms. The van der Waals surface area contributed by atoms with E-state index in [1.165, 1.54) is 18.3 Å². The van der Waals surface area contributed by atoms with E-state index in [1.807, 2.05) is 0 Å². The molecule has 0 radical (unpaired) electrons. The minimum Gasteiger partial charge on any atom is -0.478 e. The van der Waals surface area contributed by atoms with Crippen LogP contribution in [0.15, 0.2) is 18.3 Å². The average Bonchev–Trinajstić information content (AvgIpc) is 2.76. The summed E-state index contributed by atoms with van der Waals surface area (Å²) in [4.78, 5) is 37.2. The molecule has 1 aliphatic rings. The van der Waals surface area contributed by atoms with E-state index in [1.54, 1.807) is 0 Å². The third-order valence-corrected chi connectivity index (χ3v) is 3.13. The predicted molar refractivity (Wildman–Crippen MR) is 64.6 cm³/mol. The molecule has 94 valence electrons. The number of rotatable bonds is 3. The van der Waals surface area contributed by atoms with Crippen LogP contribution < -0.4 is 10.6 Å². The number of aromatic nitrogens is 1. The lowest BCUT2D eigenvalue weighted by Gasteiger charge is -2.09. The van der Waals surface area contributed by atoms with Gasteiger partial charge in [-0.2, -0.15) is 0 Å². The number of amides is 2. The van der Waals surface area contributed by atoms with Crippen molar-refractivity contribution in [2.45, 2.75) is 6.04 Å². The van der Waals surface area contributed by atoms with E-state index in [4.69, 9.17) is 5.11 Å². The predicted octanol–water partition coefficient (Wildman–Crippen LogP) is 0.543. The molecule has 2 heterocycles. The van der Waals surface area contributed by atoms with Crippen molar-refractivity contribution in [2.24, 2.45) is 0 Å². The van der Waals surface area contributed by atoms with Crippen LogP contribution in [0.4, 0.5) is 10.6 Å². The second-order valence-electron chi connectivity index (χ2n) is 3.52. The monoisotopic (exact) mass is 267 g/mol. The van der Waals surface area contributed by atoms with Gasteiger partial charge in [-0.15, -0.1) is 0 Å². The second kappa shape index (κ2) is 5.05. The van der Waals surface area contributed by atoms with Crippen LogP contribution in [0.3, 0.4) is 0 Å². The van der Waals surface area contributed by atoms with Gasteiger partial charge < -0.3 is 15.7 Å². The molecule has 0 bridgehead atoms. The Bertz CT molecular complexity index is 520. The lowest BCUT2D eigenvalue weighted by atomic mass is 10.2. The lowest BCUT2D eigenvalue weighted by molar-refractivity contribution is -0.117. The summed E-state index contributed by atoms with van der Waals surface area (Å²) < 4.78 is 0. The van der Waals surface area contributed by atoms with Crippen LogP contribution in [0.25, 0.3) is 0 Å². The highest BCUT2D eigenvalue weighted by molar-refractivity contribution is 8.14. The first-order chi connectivity index (χ1) is 8.56. The van der Waals surface area contributed by atoms with Crippen molar-refractivity contribution in [2.75, 3.05) is 11.1 Å². The number of carbonyl (C=O) groups is 3. The zero-order chi connectivity index (χ0) is 13.1. The van der Waals surface area contributed by atoms with Gasteiger partial charge in [0.25, 0.3) is 5.24 Å². The van der Waals surface area contributed by atoms with E-state index in [0.717, 1.165) is 11.8 Å². The van der Waals surface area contributed by atoms with Crippen LogP contribution in [0, 0.1) is 0 Å². The van der Waals surface area contributed by atoms with Crippen LogP contribution in [0.1, 0.15) is 10.4 Å². The number of aromatic carboxylic acids is 1. The SMILES string of the molecule is O=C1NC(C(=O)Nc2cc(C(=O)O)ccn2)CS1. The molecule has 1 aliphatic heterocycles. The smallest absolute Gasteiger partial charge is 0.335 e. The first kappa shape index (κ1) is 12.4. The van der Waals surface area contributed by atoms with Gasteiger partial charge in [-0.3, -0.25) is 9.59 Å². The fourth-order valence-electron chi connectivity index (χ4n) is 1.37. The molecular formula is C10H9N3O4S. The zero-order valence-electron chi connectivity index (χ0n) is 9.04. The minimum absolute atomic E-state index is 0.0325. The second-order valence-corrected chi connectivity index (χ2v) is 4.51. The Balaban J connectivity index is 2.05. The number of nitrogens with zero attached hydrogens (tertiary/aromatic N) is 1. The molecule has 0 spiro atoms. The lowest BCUT2D eigenvalue weighted by Crippen LogP contribution is -2.38. The van der Waals surface area contributed by atoms with Crippen molar-refractivity contribution in [3.63, 3.8) is 0 Å². The normalized spacial score (nSPS) is 18.2. The summed E-state index contributed by atoms with van der Waals surface area (Å²) >= 11 is 1.03. The average molecular weight is 267 g/mol. The summed E-state index contributed by atoms with van der Waals surface area (Å²) in [5, 5.41) is 13.5. The quantitative estimate of drug-likeness (QED) is 0.737. The van der Waals surface area contributed by atoms with E-state index in [0.29, 0.717) is 5.75 Å². The maximum absolute atomic E-state index is 11.7. The summed E-state index contributed by atoms with van der Waals surface area (Å²) in [6.45, 7) is 0. The van der Waals surface area contributed by atoms with Crippen LogP contribution in [0.2, 0.25) is 0 Å². The van der Waals surface area contributed by atoms with Crippen molar-refractivity contribution < 1.29 is 19.5 Å². The maximum atomic E-state index is 11.7. The van der Waals surface area contributed by atoms with Gasteiger partial charge in [0.05, 0.1) is 5.56 Å². The highest BCUT2D eigenvalue weighted by Gasteiger charge is 2.28. The molecule has 1 aromatic rings. The van der Waals surface area contributed by atoms with Gasteiger partial charge in [0.1, 0.15) is 11.9 Å². The highest BCUT2D eigenvalue weighted by atomic mass is 32.2. The largest absolute Gasteiger partial charge is 0.478 e. The van der Waals surface area contributed by atoms with Gasteiger partial charge in [-0.05, 0) is 12.1 Å². The molecule has 0 aromatic carbocycles. The van der Waals surface area contributed by atoms with Gasteiger partial charge in [0, 0.05) is 11.9 Å². The number of carboxylic acids is 1. The molecule has 0 saturated carbocycles. The molecule has 1 atom stereocenters. The van der Waals surface area contributed by atoms with Crippen molar-refractivity contribution in [3.8, 4) is 0 Å². The van der Waals surface area contributed by atoms with E-state index in [9.17, 15) is 14.4 Å². The molecule has 1 fully saturated rings. The molecule has 1 aromatic heterocycles. The third kappa shape index (κ3) is 2.77. The number of nitrogens with one attached hydrogen (secondary N) is 2. The standard InChI is InChI=1S/C10H9N3O4S/c14-8(6-4-18-10(17)12-6)13-7-3-5(9(15)16)1-2-11-7/h1-3,6H,4H2,(H,12,17)(H,15,16)(H,11,13,14). The van der Waals surface area contributed by atoms with E-state index >= 15 is 0 Å². The summed E-state index contributed by atoms with van der Waals surface area (Å²) in [7, 11) is 0. The van der Waals surface area contributed by atoms with Gasteiger partial charge in [0.2, 0.25) is 5.91 Å². The van der Waals surface area contributed by atoms with Crippen molar-refractivity contribution >= 4 is 34.7 Å². The summed E-state index contributed by atoms with van der Waals surface area (Å²) in [5.41, 5.74) is 0.0325. The van der Waals surface area contributed by atoms with E-state index in [-0.39, 0.29) is 16.6 Å². The molecule has 8 heteroatoms. The topological polar surface area (TPSA) is 108 Å². The number of pyridine rings is 1. The maximum Gasteiger partial charge on any atom is 0.335 e. The molecule has 0 aliphatic carbocycles. The molecule has 2 amide bonds. The molecule has 3 N–H and O–H groups in total.